The topological polar surface area (TPSA) is 78.7 Å². The fourth-order valence-electron chi connectivity index (χ4n) is 1.48. The molecule has 0 unspecified atom stereocenters. The number of aromatic nitrogens is 1. The van der Waals surface area contributed by atoms with Gasteiger partial charge in [0.2, 0.25) is 5.91 Å². The van der Waals surface area contributed by atoms with Crippen molar-refractivity contribution in [2.24, 2.45) is 5.11 Å². The molecule has 0 aliphatic heterocycles. The molecule has 0 saturated carbocycles. The summed E-state index contributed by atoms with van der Waals surface area (Å²) >= 11 is 5.90. The first kappa shape index (κ1) is 15.0. The third kappa shape index (κ3) is 3.44. The Labute approximate surface area is 115 Å². The average Bonchev–Trinajstić information content (AvgIpc) is 2.42. The van der Waals surface area contributed by atoms with E-state index >= 15 is 0 Å². The van der Waals surface area contributed by atoms with Crippen LogP contribution in [0, 0.1) is 6.92 Å². The summed E-state index contributed by atoms with van der Waals surface area (Å²) in [7, 11) is 0. The summed E-state index contributed by atoms with van der Waals surface area (Å²) in [6.45, 7) is 5.85. The minimum absolute atomic E-state index is 0.294. The van der Waals surface area contributed by atoms with Crippen LogP contribution in [0.4, 0.5) is 0 Å². The molecule has 1 heterocycles. The lowest BCUT2D eigenvalue weighted by molar-refractivity contribution is 0.100. The second kappa shape index (κ2) is 6.73. The van der Waals surface area contributed by atoms with E-state index < -0.39 is 5.91 Å². The zero-order valence-corrected chi connectivity index (χ0v) is 11.6. The molecule has 2 aromatic rings. The Morgan fingerprint density at radius 1 is 1.37 bits per heavy atom. The number of pyridine rings is 1. The van der Waals surface area contributed by atoms with Crippen LogP contribution in [0.2, 0.25) is 5.15 Å². The first-order chi connectivity index (χ1) is 9.11. The highest BCUT2D eigenvalue weighted by Gasteiger charge is 2.06. The summed E-state index contributed by atoms with van der Waals surface area (Å²) in [6.07, 6.45) is 0. The van der Waals surface area contributed by atoms with Gasteiger partial charge in [-0.25, -0.2) is 4.98 Å². The second-order valence-corrected chi connectivity index (χ2v) is 3.86. The fraction of sp³-hybridized carbons (Fsp3) is 0.231. The molecule has 1 amide bonds. The van der Waals surface area contributed by atoms with Crippen LogP contribution in [-0.4, -0.2) is 10.9 Å². The molecule has 0 aliphatic rings. The molecule has 0 aliphatic carbocycles. The molecule has 6 heteroatoms. The fourth-order valence-corrected chi connectivity index (χ4v) is 1.63. The highest BCUT2D eigenvalue weighted by molar-refractivity contribution is 6.30. The normalized spacial score (nSPS) is 9.26. The first-order valence-electron chi connectivity index (χ1n) is 5.78. The van der Waals surface area contributed by atoms with Gasteiger partial charge in [0.15, 0.2) is 0 Å². The smallest absolute Gasteiger partial charge is 0.249 e. The van der Waals surface area contributed by atoms with E-state index in [-0.39, 0.29) is 0 Å². The summed E-state index contributed by atoms with van der Waals surface area (Å²) in [6, 6.07) is 6.77. The van der Waals surface area contributed by atoms with Crippen molar-refractivity contribution in [1.29, 1.82) is 0 Å². The van der Waals surface area contributed by atoms with Gasteiger partial charge in [-0.3, -0.25) is 4.79 Å². The number of carbonyl (C=O) groups is 1. The molecular formula is C13H13ClN4O. The van der Waals surface area contributed by atoms with E-state index in [1.165, 1.54) is 0 Å². The Hall–Kier alpha value is -2.10. The Morgan fingerprint density at radius 3 is 2.68 bits per heavy atom. The molecule has 0 spiro atoms. The number of hydrogen-bond acceptors (Lipinski definition) is 2. The first-order valence-corrected chi connectivity index (χ1v) is 6.16. The molecule has 0 bridgehead atoms. The molecule has 1 aromatic heterocycles. The molecule has 0 fully saturated rings. The number of amides is 1. The van der Waals surface area contributed by atoms with Crippen molar-refractivity contribution < 1.29 is 4.79 Å². The summed E-state index contributed by atoms with van der Waals surface area (Å²) in [4.78, 5) is 18.0. The van der Waals surface area contributed by atoms with Crippen LogP contribution in [0.25, 0.3) is 21.3 Å². The lowest BCUT2D eigenvalue weighted by Crippen LogP contribution is -1.94. The predicted molar refractivity (Wildman–Crippen MR) is 76.3 cm³/mol. The molecular weight excluding hydrogens is 264 g/mol. The number of halogens is 1. The van der Waals surface area contributed by atoms with E-state index in [9.17, 15) is 4.79 Å². The molecule has 0 saturated heterocycles. The number of azide groups is 1. The van der Waals surface area contributed by atoms with Crippen LogP contribution in [0.3, 0.4) is 0 Å². The number of benzene rings is 1. The zero-order valence-electron chi connectivity index (χ0n) is 10.9. The SMILES string of the molecule is CC.Cc1cc2ccc(C(=O)N=[N+]=[N-])cc2nc1Cl. The van der Waals surface area contributed by atoms with Crippen LogP contribution < -0.4 is 0 Å². The molecule has 0 radical (unpaired) electrons. The van der Waals surface area contributed by atoms with Crippen molar-refractivity contribution in [1.82, 2.24) is 4.98 Å². The molecule has 1 aromatic carbocycles. The lowest BCUT2D eigenvalue weighted by atomic mass is 10.1. The monoisotopic (exact) mass is 276 g/mol. The number of rotatable bonds is 1. The van der Waals surface area contributed by atoms with Gasteiger partial charge in [0.1, 0.15) is 5.15 Å². The van der Waals surface area contributed by atoms with Gasteiger partial charge in [0.25, 0.3) is 0 Å². The average molecular weight is 277 g/mol. The number of fused-ring (bicyclic) bond motifs is 1. The van der Waals surface area contributed by atoms with Crippen molar-refractivity contribution in [2.45, 2.75) is 20.8 Å². The van der Waals surface area contributed by atoms with Crippen molar-refractivity contribution >= 4 is 28.4 Å². The van der Waals surface area contributed by atoms with Crippen molar-refractivity contribution in [3.63, 3.8) is 0 Å². The van der Waals surface area contributed by atoms with E-state index in [2.05, 4.69) is 15.0 Å². The van der Waals surface area contributed by atoms with Gasteiger partial charge >= 0.3 is 0 Å². The van der Waals surface area contributed by atoms with Crippen molar-refractivity contribution in [3.05, 3.63) is 51.0 Å². The van der Waals surface area contributed by atoms with Crippen LogP contribution in [-0.2, 0) is 0 Å². The number of aryl methyl sites for hydroxylation is 1. The van der Waals surface area contributed by atoms with Gasteiger partial charge in [-0.05, 0) is 35.3 Å². The summed E-state index contributed by atoms with van der Waals surface area (Å²) in [5.74, 6) is -0.632. The van der Waals surface area contributed by atoms with Crippen LogP contribution in [0.15, 0.2) is 29.4 Å². The number of carbonyl (C=O) groups excluding carboxylic acids is 1. The molecule has 0 atom stereocenters. The van der Waals surface area contributed by atoms with E-state index in [1.54, 1.807) is 18.2 Å². The van der Waals surface area contributed by atoms with Gasteiger partial charge in [-0.1, -0.05) is 37.6 Å². The maximum Gasteiger partial charge on any atom is 0.249 e. The maximum atomic E-state index is 11.4. The molecule has 19 heavy (non-hydrogen) atoms. The second-order valence-electron chi connectivity index (χ2n) is 3.50. The Balaban J connectivity index is 0.000000861. The highest BCUT2D eigenvalue weighted by atomic mass is 35.5. The third-order valence-corrected chi connectivity index (χ3v) is 2.71. The summed E-state index contributed by atoms with van der Waals surface area (Å²) in [5.41, 5.74) is 9.95. The standard InChI is InChI=1S/C11H7ClN4O.C2H6/c1-6-4-7-2-3-8(11(17)15-16-13)5-9(7)14-10(6)12;1-2/h2-5H,1H3;1-2H3. The largest absolute Gasteiger partial charge is 0.287 e. The molecule has 0 N–H and O–H groups in total. The van der Waals surface area contributed by atoms with Gasteiger partial charge < -0.3 is 0 Å². The Kier molecular flexibility index (Phi) is 5.30. The minimum atomic E-state index is -0.632. The lowest BCUT2D eigenvalue weighted by Gasteiger charge is -2.02. The van der Waals surface area contributed by atoms with Crippen molar-refractivity contribution in [2.75, 3.05) is 0 Å². The maximum absolute atomic E-state index is 11.4. The Morgan fingerprint density at radius 2 is 2.05 bits per heavy atom. The Bertz CT molecular complexity index is 663. The van der Waals surface area contributed by atoms with Gasteiger partial charge in [0, 0.05) is 15.9 Å². The number of hydrogen-bond donors (Lipinski definition) is 0. The molecule has 2 rings (SSSR count). The molecule has 98 valence electrons. The van der Waals surface area contributed by atoms with E-state index in [0.29, 0.717) is 16.2 Å². The minimum Gasteiger partial charge on any atom is -0.287 e. The van der Waals surface area contributed by atoms with E-state index in [1.807, 2.05) is 26.8 Å². The summed E-state index contributed by atoms with van der Waals surface area (Å²) < 4.78 is 0. The predicted octanol–water partition coefficient (Wildman–Crippen LogP) is 4.67. The van der Waals surface area contributed by atoms with Gasteiger partial charge in [-0.2, -0.15) is 0 Å². The van der Waals surface area contributed by atoms with Crippen LogP contribution >= 0.6 is 11.6 Å². The van der Waals surface area contributed by atoms with Gasteiger partial charge in [-0.15, -0.1) is 0 Å². The van der Waals surface area contributed by atoms with Crippen molar-refractivity contribution in [3.8, 4) is 0 Å². The van der Waals surface area contributed by atoms with Crippen LogP contribution in [0.5, 0.6) is 0 Å². The number of nitrogens with zero attached hydrogens (tertiary/aromatic N) is 4. The van der Waals surface area contributed by atoms with E-state index in [0.717, 1.165) is 10.9 Å². The summed E-state index contributed by atoms with van der Waals surface area (Å²) in [5, 5.41) is 4.30. The quantitative estimate of drug-likeness (QED) is 0.328. The third-order valence-electron chi connectivity index (χ3n) is 2.33. The van der Waals surface area contributed by atoms with Crippen LogP contribution in [0.1, 0.15) is 29.8 Å². The molecule has 5 nitrogen and oxygen atoms in total. The van der Waals surface area contributed by atoms with Gasteiger partial charge in [0.05, 0.1) is 5.52 Å². The zero-order chi connectivity index (χ0) is 14.4. The highest BCUT2D eigenvalue weighted by Crippen LogP contribution is 2.21. The van der Waals surface area contributed by atoms with E-state index in [4.69, 9.17) is 17.1 Å².